The minimum absolute atomic E-state index is 0.153. The third-order valence-corrected chi connectivity index (χ3v) is 3.66. The van der Waals surface area contributed by atoms with E-state index in [1.807, 2.05) is 0 Å². The van der Waals surface area contributed by atoms with Gasteiger partial charge in [-0.05, 0) is 6.42 Å². The van der Waals surface area contributed by atoms with Gasteiger partial charge in [-0.2, -0.15) is 0 Å². The Morgan fingerprint density at radius 2 is 1.90 bits per heavy atom. The summed E-state index contributed by atoms with van der Waals surface area (Å²) in [6.45, 7) is 0.975. The fourth-order valence-electron chi connectivity index (χ4n) is 2.26. The third kappa shape index (κ3) is 4.89. The van der Waals surface area contributed by atoms with E-state index >= 15 is 0 Å². The summed E-state index contributed by atoms with van der Waals surface area (Å²) in [5.41, 5.74) is 0. The molecule has 7 nitrogen and oxygen atoms in total. The molecule has 1 aliphatic rings. The molecule has 0 aliphatic carbocycles. The lowest BCUT2D eigenvalue weighted by Gasteiger charge is -2.43. The van der Waals surface area contributed by atoms with Crippen molar-refractivity contribution >= 4 is 5.97 Å². The van der Waals surface area contributed by atoms with Gasteiger partial charge in [0.25, 0.3) is 5.79 Å². The maximum Gasteiger partial charge on any atom is 0.308 e. The Bertz CT molecular complexity index is 322. The number of aliphatic hydroxyl groups excluding tert-OH is 4. The molecule has 1 heterocycles. The summed E-state index contributed by atoms with van der Waals surface area (Å²) in [6.07, 6.45) is 0.450. The average molecular weight is 306 g/mol. The van der Waals surface area contributed by atoms with Gasteiger partial charge >= 0.3 is 5.97 Å². The standard InChI is InChI=1S/C14H26O7/c1-2-3-4-5-6-7-11(17)21-14(9-15)13(19)12(18)10(16)8-20-14/h10,12-13,15-16,18-19H,2-9H2,1H3/t10-,12-,13+,14-/m0/s1. The maximum atomic E-state index is 11.8. The number of rotatable bonds is 8. The quantitative estimate of drug-likeness (QED) is 0.359. The fourth-order valence-corrected chi connectivity index (χ4v) is 2.26. The molecule has 1 saturated heterocycles. The Morgan fingerprint density at radius 1 is 1.24 bits per heavy atom. The van der Waals surface area contributed by atoms with E-state index in [2.05, 4.69) is 6.92 Å². The number of carbonyl (C=O) groups is 1. The zero-order valence-corrected chi connectivity index (χ0v) is 12.4. The van der Waals surface area contributed by atoms with Crippen LogP contribution < -0.4 is 0 Å². The molecule has 0 amide bonds. The predicted octanol–water partition coefficient (Wildman–Crippen LogP) is -0.308. The summed E-state index contributed by atoms with van der Waals surface area (Å²) in [5, 5.41) is 38.2. The van der Waals surface area contributed by atoms with Gasteiger partial charge in [-0.15, -0.1) is 0 Å². The first-order valence-corrected chi connectivity index (χ1v) is 7.47. The Kier molecular flexibility index (Phi) is 7.55. The van der Waals surface area contributed by atoms with E-state index < -0.39 is 36.7 Å². The van der Waals surface area contributed by atoms with Crippen molar-refractivity contribution in [1.29, 1.82) is 0 Å². The molecule has 4 N–H and O–H groups in total. The number of ether oxygens (including phenoxy) is 2. The van der Waals surface area contributed by atoms with Crippen molar-refractivity contribution in [3.8, 4) is 0 Å². The highest BCUT2D eigenvalue weighted by atomic mass is 16.7. The smallest absolute Gasteiger partial charge is 0.308 e. The van der Waals surface area contributed by atoms with E-state index in [1.165, 1.54) is 0 Å². The Morgan fingerprint density at radius 3 is 2.52 bits per heavy atom. The molecule has 124 valence electrons. The molecular weight excluding hydrogens is 280 g/mol. The molecule has 0 saturated carbocycles. The van der Waals surface area contributed by atoms with Crippen LogP contribution in [-0.2, 0) is 14.3 Å². The maximum absolute atomic E-state index is 11.8. The largest absolute Gasteiger partial charge is 0.427 e. The zero-order valence-electron chi connectivity index (χ0n) is 12.4. The summed E-state index contributed by atoms with van der Waals surface area (Å²) in [4.78, 5) is 11.8. The summed E-state index contributed by atoms with van der Waals surface area (Å²) in [6, 6.07) is 0. The third-order valence-electron chi connectivity index (χ3n) is 3.66. The molecule has 21 heavy (non-hydrogen) atoms. The van der Waals surface area contributed by atoms with Crippen molar-refractivity contribution in [1.82, 2.24) is 0 Å². The molecule has 1 fully saturated rings. The SMILES string of the molecule is CCCCCCCC(=O)O[C@]1(CO)OC[C@H](O)[C@H](O)[C@H]1O. The lowest BCUT2D eigenvalue weighted by Crippen LogP contribution is -2.64. The van der Waals surface area contributed by atoms with Crippen molar-refractivity contribution < 1.29 is 34.7 Å². The summed E-state index contributed by atoms with van der Waals surface area (Å²) in [5.74, 6) is -2.61. The van der Waals surface area contributed by atoms with Crippen LogP contribution in [0.1, 0.15) is 45.4 Å². The fraction of sp³-hybridized carbons (Fsp3) is 0.929. The second-order valence-electron chi connectivity index (χ2n) is 5.42. The van der Waals surface area contributed by atoms with Gasteiger partial charge in [-0.1, -0.05) is 32.6 Å². The molecule has 0 aromatic carbocycles. The molecule has 4 atom stereocenters. The highest BCUT2D eigenvalue weighted by Crippen LogP contribution is 2.28. The number of aliphatic hydroxyl groups is 4. The van der Waals surface area contributed by atoms with Gasteiger partial charge in [0.05, 0.1) is 6.61 Å². The lowest BCUT2D eigenvalue weighted by atomic mass is 9.97. The molecule has 0 bridgehead atoms. The summed E-state index contributed by atoms with van der Waals surface area (Å²) in [7, 11) is 0. The topological polar surface area (TPSA) is 116 Å². The molecule has 1 rings (SSSR count). The van der Waals surface area contributed by atoms with Gasteiger partial charge in [0.15, 0.2) is 6.10 Å². The lowest BCUT2D eigenvalue weighted by molar-refractivity contribution is -0.335. The molecule has 0 aromatic rings. The molecule has 0 radical (unpaired) electrons. The molecular formula is C14H26O7. The van der Waals surface area contributed by atoms with Crippen LogP contribution >= 0.6 is 0 Å². The molecule has 0 aromatic heterocycles. The van der Waals surface area contributed by atoms with E-state index in [9.17, 15) is 25.2 Å². The predicted molar refractivity (Wildman–Crippen MR) is 73.3 cm³/mol. The Labute approximate surface area is 124 Å². The van der Waals surface area contributed by atoms with Crippen LogP contribution in [0, 0.1) is 0 Å². The minimum atomic E-state index is -2.00. The monoisotopic (exact) mass is 306 g/mol. The molecule has 0 spiro atoms. The summed E-state index contributed by atoms with van der Waals surface area (Å²) < 4.78 is 10.1. The number of hydrogen-bond acceptors (Lipinski definition) is 7. The van der Waals surface area contributed by atoms with Crippen molar-refractivity contribution in [2.75, 3.05) is 13.2 Å². The first kappa shape index (κ1) is 18.3. The normalized spacial score (nSPS) is 32.9. The van der Waals surface area contributed by atoms with Crippen LogP contribution in [0.25, 0.3) is 0 Å². The number of esters is 1. The van der Waals surface area contributed by atoms with Crippen LogP contribution in [-0.4, -0.2) is 63.7 Å². The molecule has 7 heteroatoms. The zero-order chi connectivity index (χ0) is 15.9. The van der Waals surface area contributed by atoms with E-state index in [1.54, 1.807) is 0 Å². The van der Waals surface area contributed by atoms with Crippen LogP contribution in [0.3, 0.4) is 0 Å². The van der Waals surface area contributed by atoms with Crippen LogP contribution in [0.4, 0.5) is 0 Å². The summed E-state index contributed by atoms with van der Waals surface area (Å²) >= 11 is 0. The number of carbonyl (C=O) groups excluding carboxylic acids is 1. The average Bonchev–Trinajstić information content (AvgIpc) is 2.48. The van der Waals surface area contributed by atoms with Crippen molar-refractivity contribution in [3.05, 3.63) is 0 Å². The van der Waals surface area contributed by atoms with Crippen molar-refractivity contribution in [2.45, 2.75) is 69.5 Å². The van der Waals surface area contributed by atoms with Crippen LogP contribution in [0.2, 0.25) is 0 Å². The Balaban J connectivity index is 2.47. The van der Waals surface area contributed by atoms with Gasteiger partial charge in [0, 0.05) is 6.42 Å². The van der Waals surface area contributed by atoms with Gasteiger partial charge in [0.1, 0.15) is 18.8 Å². The number of unbranched alkanes of at least 4 members (excludes halogenated alkanes) is 4. The Hall–Kier alpha value is -0.730. The van der Waals surface area contributed by atoms with Gasteiger partial charge in [0.2, 0.25) is 0 Å². The van der Waals surface area contributed by atoms with E-state index in [0.717, 1.165) is 25.7 Å². The van der Waals surface area contributed by atoms with Gasteiger partial charge in [-0.25, -0.2) is 0 Å². The minimum Gasteiger partial charge on any atom is -0.427 e. The van der Waals surface area contributed by atoms with E-state index in [0.29, 0.717) is 6.42 Å². The van der Waals surface area contributed by atoms with Gasteiger partial charge < -0.3 is 29.9 Å². The number of hydrogen-bond donors (Lipinski definition) is 4. The highest BCUT2D eigenvalue weighted by Gasteiger charge is 2.52. The first-order chi connectivity index (χ1) is 9.96. The van der Waals surface area contributed by atoms with E-state index in [-0.39, 0.29) is 13.0 Å². The molecule has 0 unspecified atom stereocenters. The second-order valence-corrected chi connectivity index (χ2v) is 5.42. The first-order valence-electron chi connectivity index (χ1n) is 7.47. The van der Waals surface area contributed by atoms with E-state index in [4.69, 9.17) is 9.47 Å². The van der Waals surface area contributed by atoms with Crippen molar-refractivity contribution in [3.63, 3.8) is 0 Å². The van der Waals surface area contributed by atoms with Gasteiger partial charge in [-0.3, -0.25) is 4.79 Å². The van der Waals surface area contributed by atoms with Crippen molar-refractivity contribution in [2.24, 2.45) is 0 Å². The second kappa shape index (κ2) is 8.65. The van der Waals surface area contributed by atoms with Crippen LogP contribution in [0.15, 0.2) is 0 Å². The highest BCUT2D eigenvalue weighted by molar-refractivity contribution is 5.69. The molecule has 1 aliphatic heterocycles. The van der Waals surface area contributed by atoms with Crippen LogP contribution in [0.5, 0.6) is 0 Å².